The zero-order valence-electron chi connectivity index (χ0n) is 33.0. The van der Waals surface area contributed by atoms with E-state index in [4.69, 9.17) is 15.2 Å². The molecule has 1 aromatic rings. The normalized spacial score (nSPS) is 32.4. The van der Waals surface area contributed by atoms with Crippen molar-refractivity contribution in [1.82, 2.24) is 9.80 Å². The Labute approximate surface area is 314 Å². The largest absolute Gasteiger partial charge is 0.390 e. The highest BCUT2D eigenvalue weighted by atomic mass is 16.5. The molecule has 9 unspecified atom stereocenters. The first kappa shape index (κ1) is 39.6. The lowest BCUT2D eigenvalue weighted by Crippen LogP contribution is -2.53. The molecular weight excluding hydrogens is 650 g/mol. The van der Waals surface area contributed by atoms with Crippen molar-refractivity contribution in [2.45, 2.75) is 117 Å². The molecule has 52 heavy (non-hydrogen) atoms. The number of carbonyl (C=O) groups is 2. The van der Waals surface area contributed by atoms with E-state index in [-0.39, 0.29) is 29.8 Å². The van der Waals surface area contributed by atoms with E-state index in [0.29, 0.717) is 62.6 Å². The second-order valence-corrected chi connectivity index (χ2v) is 18.1. The van der Waals surface area contributed by atoms with Gasteiger partial charge in [0.2, 0.25) is 0 Å². The Morgan fingerprint density at radius 3 is 2.33 bits per heavy atom. The molecule has 3 saturated carbocycles. The van der Waals surface area contributed by atoms with Crippen molar-refractivity contribution in [2.24, 2.45) is 52.1 Å². The van der Waals surface area contributed by atoms with E-state index in [0.717, 1.165) is 48.3 Å². The fourth-order valence-corrected chi connectivity index (χ4v) is 11.9. The fraction of sp³-hybridized carbons (Fsp3) is 0.773. The zero-order chi connectivity index (χ0) is 37.0. The van der Waals surface area contributed by atoms with E-state index >= 15 is 0 Å². The summed E-state index contributed by atoms with van der Waals surface area (Å²) in [5.74, 6) is 4.25. The Balaban J connectivity index is 1.11. The van der Waals surface area contributed by atoms with Crippen LogP contribution in [0.3, 0.4) is 0 Å². The maximum Gasteiger partial charge on any atom is 0.261 e. The highest BCUT2D eigenvalue weighted by molar-refractivity contribution is 6.21. The number of aliphatic hydroxyl groups is 1. The smallest absolute Gasteiger partial charge is 0.261 e. The first-order valence-electron chi connectivity index (χ1n) is 20.9. The second kappa shape index (κ2) is 17.1. The Kier molecular flexibility index (Phi) is 13.1. The number of rotatable bonds is 18. The van der Waals surface area contributed by atoms with Gasteiger partial charge in [0, 0.05) is 25.7 Å². The predicted octanol–water partition coefficient (Wildman–Crippen LogP) is 7.35. The number of nitrogens with two attached hydrogens (primary N) is 1. The third-order valence-electron chi connectivity index (χ3n) is 14.7. The topological polar surface area (TPSA) is 105 Å². The lowest BCUT2D eigenvalue weighted by atomic mass is 9.46. The van der Waals surface area contributed by atoms with Gasteiger partial charge < -0.3 is 20.3 Å². The number of hydrogen-bond donors (Lipinski definition) is 2. The number of β-amino-alcohol motifs (C(OH)–C–C–N with tert-alkyl or cyclic N) is 1. The van der Waals surface area contributed by atoms with Gasteiger partial charge in [-0.05, 0) is 110 Å². The number of benzene rings is 1. The van der Waals surface area contributed by atoms with Crippen LogP contribution >= 0.6 is 0 Å². The van der Waals surface area contributed by atoms with E-state index < -0.39 is 6.10 Å². The molecule has 2 amide bonds. The van der Waals surface area contributed by atoms with Gasteiger partial charge in [0.1, 0.15) is 0 Å². The quantitative estimate of drug-likeness (QED) is 0.0929. The summed E-state index contributed by atoms with van der Waals surface area (Å²) in [6.45, 7) is 16.2. The third-order valence-corrected chi connectivity index (χ3v) is 14.7. The Hall–Kier alpha value is -2.10. The van der Waals surface area contributed by atoms with Crippen LogP contribution in [0.5, 0.6) is 0 Å². The minimum atomic E-state index is -0.854. The Morgan fingerprint density at radius 1 is 0.923 bits per heavy atom. The summed E-state index contributed by atoms with van der Waals surface area (Å²) in [4.78, 5) is 29.8. The number of imide groups is 1. The average Bonchev–Trinajstić information content (AvgIpc) is 3.60. The highest BCUT2D eigenvalue weighted by Crippen LogP contribution is 2.67. The van der Waals surface area contributed by atoms with Gasteiger partial charge in [-0.2, -0.15) is 0 Å². The maximum atomic E-state index is 13.1. The van der Waals surface area contributed by atoms with Crippen molar-refractivity contribution < 1.29 is 24.2 Å². The van der Waals surface area contributed by atoms with E-state index in [2.05, 4.69) is 45.6 Å². The van der Waals surface area contributed by atoms with Gasteiger partial charge in [0.25, 0.3) is 11.8 Å². The monoisotopic (exact) mass is 720 g/mol. The second-order valence-electron chi connectivity index (χ2n) is 18.1. The minimum absolute atomic E-state index is 0.00892. The van der Waals surface area contributed by atoms with Crippen LogP contribution in [0, 0.1) is 46.3 Å². The number of ether oxygens (including phenoxy) is 2. The van der Waals surface area contributed by atoms with Crippen molar-refractivity contribution in [3.8, 4) is 0 Å². The standard InChI is InChI=1S/C44H69N3O5/c1-30(2)9-8-10-31(3)38-15-16-39-37-14-13-32-27-33(17-19-43(32,4)40(37)18-20-44(38,39)5)46(22-24-52-26-25-51-23-21-45)28-34(48)29-47-41(49)35-11-6-7-12-36(35)42(47)50/h6-7,11-13,30-31,33-34,37-40,48H,8-10,14-29,45H2,1-5H3. The molecule has 4 aliphatic carbocycles. The number of fused-ring (bicyclic) bond motifs is 6. The summed E-state index contributed by atoms with van der Waals surface area (Å²) < 4.78 is 11.5. The van der Waals surface area contributed by atoms with E-state index in [9.17, 15) is 14.7 Å². The number of aliphatic hydroxyl groups excluding tert-OH is 1. The Bertz CT molecular complexity index is 1380. The van der Waals surface area contributed by atoms with Crippen molar-refractivity contribution in [2.75, 3.05) is 52.6 Å². The molecular formula is C44H69N3O5. The van der Waals surface area contributed by atoms with Crippen molar-refractivity contribution in [3.05, 3.63) is 47.0 Å². The van der Waals surface area contributed by atoms with Crippen LogP contribution in [0.4, 0.5) is 0 Å². The molecule has 290 valence electrons. The summed E-state index contributed by atoms with van der Waals surface area (Å²) in [6.07, 6.45) is 16.0. The zero-order valence-corrected chi connectivity index (χ0v) is 33.0. The van der Waals surface area contributed by atoms with E-state index in [1.54, 1.807) is 29.8 Å². The number of amides is 2. The van der Waals surface area contributed by atoms with Crippen LogP contribution in [0.1, 0.15) is 126 Å². The minimum Gasteiger partial charge on any atom is -0.390 e. The Morgan fingerprint density at radius 2 is 1.63 bits per heavy atom. The van der Waals surface area contributed by atoms with E-state index in [1.807, 2.05) is 0 Å². The molecule has 3 fully saturated rings. The summed E-state index contributed by atoms with van der Waals surface area (Å²) in [5, 5.41) is 11.4. The first-order valence-corrected chi connectivity index (χ1v) is 20.9. The average molecular weight is 720 g/mol. The molecule has 9 atom stereocenters. The maximum absolute atomic E-state index is 13.1. The van der Waals surface area contributed by atoms with Crippen LogP contribution in [-0.2, 0) is 9.47 Å². The van der Waals surface area contributed by atoms with Gasteiger partial charge in [-0.3, -0.25) is 19.4 Å². The molecule has 1 aromatic carbocycles. The van der Waals surface area contributed by atoms with Crippen molar-refractivity contribution in [1.29, 1.82) is 0 Å². The summed E-state index contributed by atoms with van der Waals surface area (Å²) >= 11 is 0. The van der Waals surface area contributed by atoms with Gasteiger partial charge in [-0.15, -0.1) is 0 Å². The van der Waals surface area contributed by atoms with Gasteiger partial charge in [0.15, 0.2) is 0 Å². The summed E-state index contributed by atoms with van der Waals surface area (Å²) in [6, 6.07) is 7.22. The van der Waals surface area contributed by atoms with Crippen molar-refractivity contribution >= 4 is 11.8 Å². The third kappa shape index (κ3) is 8.12. The molecule has 0 aromatic heterocycles. The molecule has 0 saturated heterocycles. The molecule has 6 rings (SSSR count). The van der Waals surface area contributed by atoms with Crippen LogP contribution in [-0.4, -0.2) is 91.5 Å². The SMILES string of the molecule is CC(C)CCCC(C)C1CCC2C3CC=C4CC(N(CCOCCOCCN)CC(O)CN5C(=O)c6ccccc6C5=O)CCC4(C)C3CCC12C. The molecule has 0 radical (unpaired) electrons. The molecule has 1 aliphatic heterocycles. The lowest BCUT2D eigenvalue weighted by molar-refractivity contribution is -0.0569. The predicted molar refractivity (Wildman–Crippen MR) is 207 cm³/mol. The first-order chi connectivity index (χ1) is 25.0. The van der Waals surface area contributed by atoms with Crippen LogP contribution in [0.2, 0.25) is 0 Å². The summed E-state index contributed by atoms with van der Waals surface area (Å²) in [5.41, 5.74) is 8.74. The van der Waals surface area contributed by atoms with Crippen LogP contribution in [0.25, 0.3) is 0 Å². The molecule has 8 nitrogen and oxygen atoms in total. The van der Waals surface area contributed by atoms with Gasteiger partial charge in [0.05, 0.1) is 50.2 Å². The molecule has 0 spiro atoms. The number of allylic oxidation sites excluding steroid dienone is 1. The van der Waals surface area contributed by atoms with Gasteiger partial charge in [-0.1, -0.05) is 77.7 Å². The molecule has 1 heterocycles. The summed E-state index contributed by atoms with van der Waals surface area (Å²) in [7, 11) is 0. The van der Waals surface area contributed by atoms with Crippen LogP contribution in [0.15, 0.2) is 35.9 Å². The van der Waals surface area contributed by atoms with E-state index in [1.165, 1.54) is 62.7 Å². The molecule has 3 N–H and O–H groups in total. The lowest BCUT2D eigenvalue weighted by Gasteiger charge is -2.59. The number of nitrogens with zero attached hydrogens (tertiary/aromatic N) is 2. The molecule has 8 heteroatoms. The van der Waals surface area contributed by atoms with Crippen LogP contribution < -0.4 is 5.73 Å². The van der Waals surface area contributed by atoms with Crippen molar-refractivity contribution in [3.63, 3.8) is 0 Å². The highest BCUT2D eigenvalue weighted by Gasteiger charge is 2.59. The van der Waals surface area contributed by atoms with Gasteiger partial charge >= 0.3 is 0 Å². The number of carbonyl (C=O) groups excluding carboxylic acids is 2. The molecule has 5 aliphatic rings. The molecule has 0 bridgehead atoms. The fourth-order valence-electron chi connectivity index (χ4n) is 11.9. The van der Waals surface area contributed by atoms with Gasteiger partial charge in [-0.25, -0.2) is 0 Å². The number of hydrogen-bond acceptors (Lipinski definition) is 7.